The van der Waals surface area contributed by atoms with Gasteiger partial charge in [0, 0.05) is 43.0 Å². The first-order valence-electron chi connectivity index (χ1n) is 8.95. The van der Waals surface area contributed by atoms with Gasteiger partial charge in [-0.05, 0) is 38.1 Å². The number of carbonyl (C=O) groups excluding carboxylic acids is 1. The van der Waals surface area contributed by atoms with Crippen LogP contribution in [0.1, 0.15) is 51.0 Å². The lowest BCUT2D eigenvalue weighted by atomic mass is 9.73. The summed E-state index contributed by atoms with van der Waals surface area (Å²) < 4.78 is 0. The quantitative estimate of drug-likeness (QED) is 0.827. The molecule has 1 aromatic rings. The second-order valence-corrected chi connectivity index (χ2v) is 8.72. The van der Waals surface area contributed by atoms with Crippen LogP contribution >= 0.6 is 11.3 Å². The highest BCUT2D eigenvalue weighted by Crippen LogP contribution is 2.39. The SMILES string of the molecule is CC(C)CCN1C[C@@]2(CCCN(Cc3nccs3)C2)CCC1=O. The van der Waals surface area contributed by atoms with Gasteiger partial charge in [0.15, 0.2) is 0 Å². The van der Waals surface area contributed by atoms with Crippen LogP contribution in [0.25, 0.3) is 0 Å². The maximum atomic E-state index is 12.3. The van der Waals surface area contributed by atoms with Gasteiger partial charge < -0.3 is 4.90 Å². The summed E-state index contributed by atoms with van der Waals surface area (Å²) in [5.74, 6) is 1.03. The fourth-order valence-electron chi connectivity index (χ4n) is 4.02. The van der Waals surface area contributed by atoms with E-state index < -0.39 is 0 Å². The zero-order valence-electron chi connectivity index (χ0n) is 14.5. The Balaban J connectivity index is 1.61. The zero-order chi connectivity index (χ0) is 16.3. The summed E-state index contributed by atoms with van der Waals surface area (Å²) in [7, 11) is 0. The molecule has 0 N–H and O–H groups in total. The number of nitrogens with zero attached hydrogens (tertiary/aromatic N) is 3. The Morgan fingerprint density at radius 3 is 2.96 bits per heavy atom. The van der Waals surface area contributed by atoms with Crippen molar-refractivity contribution < 1.29 is 4.79 Å². The molecule has 2 aliphatic heterocycles. The van der Waals surface area contributed by atoms with Crippen LogP contribution in [0, 0.1) is 11.3 Å². The largest absolute Gasteiger partial charge is 0.342 e. The van der Waals surface area contributed by atoms with E-state index in [0.29, 0.717) is 17.2 Å². The lowest BCUT2D eigenvalue weighted by Gasteiger charge is -2.48. The second kappa shape index (κ2) is 7.31. The van der Waals surface area contributed by atoms with Crippen LogP contribution in [0.5, 0.6) is 0 Å². The molecule has 0 aliphatic carbocycles. The number of hydrogen-bond acceptors (Lipinski definition) is 4. The fraction of sp³-hybridized carbons (Fsp3) is 0.778. The summed E-state index contributed by atoms with van der Waals surface area (Å²) >= 11 is 1.75. The van der Waals surface area contributed by atoms with Gasteiger partial charge in [-0.2, -0.15) is 0 Å². The summed E-state index contributed by atoms with van der Waals surface area (Å²) in [6.07, 6.45) is 7.34. The first-order valence-corrected chi connectivity index (χ1v) is 9.83. The van der Waals surface area contributed by atoms with Crippen LogP contribution in [-0.2, 0) is 11.3 Å². The first kappa shape index (κ1) is 16.9. The number of thiazole rings is 1. The first-order chi connectivity index (χ1) is 11.1. The van der Waals surface area contributed by atoms with E-state index in [9.17, 15) is 4.79 Å². The standard InChI is InChI=1S/C18H29N3OS/c1-15(2)5-10-21-14-18(7-4-17(21)22)6-3-9-20(13-18)12-16-19-8-11-23-16/h8,11,15H,3-7,9-10,12-14H2,1-2H3/t18-/m0/s1. The molecular weight excluding hydrogens is 306 g/mol. The van der Waals surface area contributed by atoms with Gasteiger partial charge in [-0.25, -0.2) is 4.98 Å². The summed E-state index contributed by atoms with van der Waals surface area (Å²) in [6.45, 7) is 9.64. The average Bonchev–Trinajstić information content (AvgIpc) is 3.02. The Labute approximate surface area is 143 Å². The van der Waals surface area contributed by atoms with Gasteiger partial charge in [-0.15, -0.1) is 11.3 Å². The summed E-state index contributed by atoms with van der Waals surface area (Å²) in [6, 6.07) is 0. The number of carbonyl (C=O) groups is 1. The van der Waals surface area contributed by atoms with E-state index in [-0.39, 0.29) is 0 Å². The van der Waals surface area contributed by atoms with Gasteiger partial charge in [-0.3, -0.25) is 9.69 Å². The molecule has 2 aliphatic rings. The van der Waals surface area contributed by atoms with E-state index in [4.69, 9.17) is 0 Å². The number of hydrogen-bond donors (Lipinski definition) is 0. The molecule has 1 amide bonds. The molecule has 1 spiro atoms. The third kappa shape index (κ3) is 4.32. The van der Waals surface area contributed by atoms with Gasteiger partial charge in [-0.1, -0.05) is 13.8 Å². The van der Waals surface area contributed by atoms with Crippen LogP contribution in [0.2, 0.25) is 0 Å². The molecule has 0 aromatic carbocycles. The molecule has 128 valence electrons. The predicted molar refractivity (Wildman–Crippen MR) is 94.3 cm³/mol. The van der Waals surface area contributed by atoms with Crippen molar-refractivity contribution in [2.24, 2.45) is 11.3 Å². The van der Waals surface area contributed by atoms with E-state index in [1.807, 2.05) is 6.20 Å². The maximum absolute atomic E-state index is 12.3. The monoisotopic (exact) mass is 335 g/mol. The highest BCUT2D eigenvalue weighted by Gasteiger charge is 2.41. The smallest absolute Gasteiger partial charge is 0.222 e. The minimum absolute atomic E-state index is 0.320. The number of aromatic nitrogens is 1. The molecule has 2 fully saturated rings. The average molecular weight is 336 g/mol. The molecule has 1 aromatic heterocycles. The second-order valence-electron chi connectivity index (χ2n) is 7.74. The van der Waals surface area contributed by atoms with Crippen molar-refractivity contribution in [1.29, 1.82) is 0 Å². The molecule has 1 atom stereocenters. The van der Waals surface area contributed by atoms with E-state index in [1.165, 1.54) is 24.4 Å². The van der Waals surface area contributed by atoms with E-state index in [1.54, 1.807) is 11.3 Å². The third-order valence-electron chi connectivity index (χ3n) is 5.31. The highest BCUT2D eigenvalue weighted by molar-refractivity contribution is 7.09. The van der Waals surface area contributed by atoms with Crippen molar-refractivity contribution in [1.82, 2.24) is 14.8 Å². The summed E-state index contributed by atoms with van der Waals surface area (Å²) in [5.41, 5.74) is 0.320. The Bertz CT molecular complexity index is 516. The van der Waals surface area contributed by atoms with Crippen molar-refractivity contribution >= 4 is 17.2 Å². The Morgan fingerprint density at radius 2 is 2.22 bits per heavy atom. The van der Waals surface area contributed by atoms with Crippen LogP contribution < -0.4 is 0 Å². The highest BCUT2D eigenvalue weighted by atomic mass is 32.1. The molecule has 0 unspecified atom stereocenters. The summed E-state index contributed by atoms with van der Waals surface area (Å²) in [4.78, 5) is 21.4. The van der Waals surface area contributed by atoms with Crippen LogP contribution in [0.15, 0.2) is 11.6 Å². The van der Waals surface area contributed by atoms with Gasteiger partial charge >= 0.3 is 0 Å². The Morgan fingerprint density at radius 1 is 1.35 bits per heavy atom. The number of rotatable bonds is 5. The normalized spacial score (nSPS) is 26.4. The molecule has 5 heteroatoms. The number of amides is 1. The maximum Gasteiger partial charge on any atom is 0.222 e. The van der Waals surface area contributed by atoms with Crippen LogP contribution in [0.4, 0.5) is 0 Å². The van der Waals surface area contributed by atoms with E-state index in [0.717, 1.165) is 45.4 Å². The Kier molecular flexibility index (Phi) is 5.37. The molecular formula is C18H29N3OS. The van der Waals surface area contributed by atoms with Crippen LogP contribution in [0.3, 0.4) is 0 Å². The molecule has 0 saturated carbocycles. The van der Waals surface area contributed by atoms with Crippen molar-refractivity contribution in [3.8, 4) is 0 Å². The van der Waals surface area contributed by atoms with Gasteiger partial charge in [0.2, 0.25) is 5.91 Å². The predicted octanol–water partition coefficient (Wildman–Crippen LogP) is 3.39. The Hall–Kier alpha value is -0.940. The third-order valence-corrected chi connectivity index (χ3v) is 6.07. The van der Waals surface area contributed by atoms with Crippen molar-refractivity contribution in [2.75, 3.05) is 26.2 Å². The topological polar surface area (TPSA) is 36.4 Å². The van der Waals surface area contributed by atoms with Gasteiger partial charge in [0.25, 0.3) is 0 Å². The molecule has 4 nitrogen and oxygen atoms in total. The molecule has 3 rings (SSSR count). The van der Waals surface area contributed by atoms with E-state index >= 15 is 0 Å². The van der Waals surface area contributed by atoms with Crippen molar-refractivity contribution in [2.45, 2.75) is 52.5 Å². The minimum atomic E-state index is 0.320. The van der Waals surface area contributed by atoms with Gasteiger partial charge in [0.05, 0.1) is 6.54 Å². The molecule has 23 heavy (non-hydrogen) atoms. The molecule has 0 bridgehead atoms. The number of piperidine rings is 2. The minimum Gasteiger partial charge on any atom is -0.342 e. The molecule has 0 radical (unpaired) electrons. The van der Waals surface area contributed by atoms with Crippen molar-refractivity contribution in [3.63, 3.8) is 0 Å². The molecule has 2 saturated heterocycles. The van der Waals surface area contributed by atoms with E-state index in [2.05, 4.69) is 34.0 Å². The fourth-order valence-corrected chi connectivity index (χ4v) is 4.68. The van der Waals surface area contributed by atoms with Gasteiger partial charge in [0.1, 0.15) is 5.01 Å². The number of likely N-dealkylation sites (tertiary alicyclic amines) is 2. The van der Waals surface area contributed by atoms with Crippen molar-refractivity contribution in [3.05, 3.63) is 16.6 Å². The summed E-state index contributed by atoms with van der Waals surface area (Å²) in [5, 5.41) is 3.27. The zero-order valence-corrected chi connectivity index (χ0v) is 15.3. The lowest BCUT2D eigenvalue weighted by molar-refractivity contribution is -0.139. The van der Waals surface area contributed by atoms with Crippen LogP contribution in [-0.4, -0.2) is 46.9 Å². The molecule has 3 heterocycles. The lowest BCUT2D eigenvalue weighted by Crippen LogP contribution is -2.54.